The second-order valence-electron chi connectivity index (χ2n) is 6.36. The molecular formula is C19H26N4O4S2. The molecule has 0 aliphatic carbocycles. The molecule has 0 radical (unpaired) electrons. The number of nitrogens with one attached hydrogen (secondary N) is 2. The molecule has 2 aromatic rings. The van der Waals surface area contributed by atoms with Crippen LogP contribution < -0.4 is 10.6 Å². The number of hydrogen-bond acceptors (Lipinski definition) is 7. The Labute approximate surface area is 179 Å². The van der Waals surface area contributed by atoms with Crippen LogP contribution in [0.5, 0.6) is 0 Å². The lowest BCUT2D eigenvalue weighted by Crippen LogP contribution is -2.31. The maximum Gasteiger partial charge on any atom is 0.348 e. The highest BCUT2D eigenvalue weighted by atomic mass is 32.1. The number of thiocarbonyl (C=S) groups is 1. The Balaban J connectivity index is 2.26. The molecule has 0 saturated heterocycles. The molecule has 29 heavy (non-hydrogen) atoms. The van der Waals surface area contributed by atoms with E-state index in [0.717, 1.165) is 22.6 Å². The molecule has 2 heterocycles. The zero-order valence-electron chi connectivity index (χ0n) is 17.4. The van der Waals surface area contributed by atoms with E-state index in [9.17, 15) is 9.59 Å². The third kappa shape index (κ3) is 5.33. The Kier molecular flexibility index (Phi) is 7.74. The minimum Gasteiger partial charge on any atom is -0.462 e. The molecule has 0 aromatic carbocycles. The standard InChI is InChI=1S/C19H26N4O4S2/c1-7-26-17(24)14-10(3)15(18(25)27-8-2)29-16(14)21-19(28)20-11(4)13-9-23(6)22-12(13)5/h9,11H,7-8H2,1-6H3,(H2,20,21,28). The molecule has 10 heteroatoms. The lowest BCUT2D eigenvalue weighted by atomic mass is 10.1. The molecule has 1 unspecified atom stereocenters. The molecule has 0 amide bonds. The molecule has 158 valence electrons. The second kappa shape index (κ2) is 9.84. The average molecular weight is 439 g/mol. The fraction of sp³-hybridized carbons (Fsp3) is 0.474. The van der Waals surface area contributed by atoms with Gasteiger partial charge in [0, 0.05) is 18.8 Å². The van der Waals surface area contributed by atoms with E-state index in [4.69, 9.17) is 21.7 Å². The van der Waals surface area contributed by atoms with Crippen LogP contribution in [-0.4, -0.2) is 40.0 Å². The summed E-state index contributed by atoms with van der Waals surface area (Å²) in [6.45, 7) is 9.51. The number of hydrogen-bond donors (Lipinski definition) is 2. The first kappa shape index (κ1) is 22.8. The topological polar surface area (TPSA) is 94.5 Å². The fourth-order valence-electron chi connectivity index (χ4n) is 2.90. The highest BCUT2D eigenvalue weighted by Crippen LogP contribution is 2.34. The van der Waals surface area contributed by atoms with Crippen molar-refractivity contribution < 1.29 is 19.1 Å². The summed E-state index contributed by atoms with van der Waals surface area (Å²) >= 11 is 6.55. The summed E-state index contributed by atoms with van der Waals surface area (Å²) < 4.78 is 12.0. The van der Waals surface area contributed by atoms with Crippen molar-refractivity contribution in [3.8, 4) is 0 Å². The largest absolute Gasteiger partial charge is 0.462 e. The molecule has 0 aliphatic rings. The molecular weight excluding hydrogens is 412 g/mol. The fourth-order valence-corrected chi connectivity index (χ4v) is 4.34. The van der Waals surface area contributed by atoms with Gasteiger partial charge in [-0.05, 0) is 52.4 Å². The maximum atomic E-state index is 12.5. The Hall–Kier alpha value is -2.46. The maximum absolute atomic E-state index is 12.5. The first-order valence-corrected chi connectivity index (χ1v) is 10.5. The van der Waals surface area contributed by atoms with E-state index in [2.05, 4.69) is 15.7 Å². The van der Waals surface area contributed by atoms with Gasteiger partial charge < -0.3 is 20.1 Å². The number of rotatable bonds is 7. The van der Waals surface area contributed by atoms with Gasteiger partial charge in [-0.3, -0.25) is 4.68 Å². The smallest absolute Gasteiger partial charge is 0.348 e. The first-order valence-electron chi connectivity index (χ1n) is 9.24. The number of ether oxygens (including phenoxy) is 2. The van der Waals surface area contributed by atoms with Crippen LogP contribution in [0.2, 0.25) is 0 Å². The summed E-state index contributed by atoms with van der Waals surface area (Å²) in [6, 6.07) is -0.0969. The number of thiophene rings is 1. The number of nitrogens with zero attached hydrogens (tertiary/aromatic N) is 2. The van der Waals surface area contributed by atoms with Crippen LogP contribution in [0.1, 0.15) is 63.7 Å². The van der Waals surface area contributed by atoms with Crippen molar-refractivity contribution >= 4 is 45.6 Å². The molecule has 2 aromatic heterocycles. The summed E-state index contributed by atoms with van der Waals surface area (Å²) in [5, 5.41) is 11.3. The zero-order chi connectivity index (χ0) is 21.7. The van der Waals surface area contributed by atoms with Gasteiger partial charge in [-0.1, -0.05) is 0 Å². The minimum atomic E-state index is -0.516. The second-order valence-corrected chi connectivity index (χ2v) is 7.79. The molecule has 0 spiro atoms. The van der Waals surface area contributed by atoms with Crippen molar-refractivity contribution in [3.63, 3.8) is 0 Å². The molecule has 0 saturated carbocycles. The van der Waals surface area contributed by atoms with Crippen LogP contribution in [0.15, 0.2) is 6.20 Å². The van der Waals surface area contributed by atoms with Gasteiger partial charge in [-0.15, -0.1) is 11.3 Å². The van der Waals surface area contributed by atoms with Gasteiger partial charge in [-0.25, -0.2) is 9.59 Å². The van der Waals surface area contributed by atoms with Crippen molar-refractivity contribution in [1.82, 2.24) is 15.1 Å². The van der Waals surface area contributed by atoms with Crippen LogP contribution >= 0.6 is 23.6 Å². The number of aromatic nitrogens is 2. The van der Waals surface area contributed by atoms with Gasteiger partial charge in [0.1, 0.15) is 9.88 Å². The van der Waals surface area contributed by atoms with Crippen molar-refractivity contribution in [1.29, 1.82) is 0 Å². The number of aryl methyl sites for hydroxylation is 2. The molecule has 1 atom stereocenters. The monoisotopic (exact) mass is 438 g/mol. The summed E-state index contributed by atoms with van der Waals surface area (Å²) in [6.07, 6.45) is 1.92. The van der Waals surface area contributed by atoms with Gasteiger partial charge >= 0.3 is 11.9 Å². The van der Waals surface area contributed by atoms with Gasteiger partial charge in [0.25, 0.3) is 0 Å². The Morgan fingerprint density at radius 3 is 2.41 bits per heavy atom. The Bertz CT molecular complexity index is 920. The van der Waals surface area contributed by atoms with Gasteiger partial charge in [0.05, 0.1) is 30.5 Å². The van der Waals surface area contributed by atoms with E-state index < -0.39 is 11.9 Å². The minimum absolute atomic E-state index is 0.0969. The molecule has 0 aliphatic heterocycles. The quantitative estimate of drug-likeness (QED) is 0.501. The zero-order valence-corrected chi connectivity index (χ0v) is 19.0. The number of esters is 2. The Morgan fingerprint density at radius 1 is 1.24 bits per heavy atom. The van der Waals surface area contributed by atoms with E-state index in [1.165, 1.54) is 0 Å². The van der Waals surface area contributed by atoms with Crippen molar-refractivity contribution in [3.05, 3.63) is 33.5 Å². The van der Waals surface area contributed by atoms with Gasteiger partial charge in [-0.2, -0.15) is 5.10 Å². The first-order chi connectivity index (χ1) is 13.7. The normalized spacial score (nSPS) is 11.7. The molecule has 0 bridgehead atoms. The number of anilines is 1. The predicted molar refractivity (Wildman–Crippen MR) is 117 cm³/mol. The predicted octanol–water partition coefficient (Wildman–Crippen LogP) is 3.50. The number of carbonyl (C=O) groups is 2. The number of carbonyl (C=O) groups excluding carboxylic acids is 2. The summed E-state index contributed by atoms with van der Waals surface area (Å²) in [5.41, 5.74) is 2.71. The van der Waals surface area contributed by atoms with Crippen LogP contribution in [-0.2, 0) is 16.5 Å². The van der Waals surface area contributed by atoms with Crippen molar-refractivity contribution in [2.75, 3.05) is 18.5 Å². The molecule has 8 nitrogen and oxygen atoms in total. The van der Waals surface area contributed by atoms with E-state index in [1.54, 1.807) is 25.5 Å². The van der Waals surface area contributed by atoms with Crippen LogP contribution in [0.25, 0.3) is 0 Å². The highest BCUT2D eigenvalue weighted by Gasteiger charge is 2.27. The summed E-state index contributed by atoms with van der Waals surface area (Å²) in [7, 11) is 1.86. The third-order valence-corrected chi connectivity index (χ3v) is 5.59. The SMILES string of the molecule is CCOC(=O)c1sc(NC(=S)NC(C)c2cn(C)nc2C)c(C(=O)OCC)c1C. The molecule has 0 fully saturated rings. The highest BCUT2D eigenvalue weighted by molar-refractivity contribution is 7.80. The average Bonchev–Trinajstić information content (AvgIpc) is 3.14. The van der Waals surface area contributed by atoms with Gasteiger partial charge in [0.15, 0.2) is 5.11 Å². The summed E-state index contributed by atoms with van der Waals surface area (Å²) in [5.74, 6) is -0.995. The third-order valence-electron chi connectivity index (χ3n) is 4.18. The van der Waals surface area contributed by atoms with Crippen LogP contribution in [0, 0.1) is 13.8 Å². The summed E-state index contributed by atoms with van der Waals surface area (Å²) in [4.78, 5) is 25.1. The van der Waals surface area contributed by atoms with E-state index >= 15 is 0 Å². The lowest BCUT2D eigenvalue weighted by Gasteiger charge is -2.16. The van der Waals surface area contributed by atoms with Gasteiger partial charge in [0.2, 0.25) is 0 Å². The van der Waals surface area contributed by atoms with Crippen molar-refractivity contribution in [2.45, 2.75) is 40.7 Å². The van der Waals surface area contributed by atoms with E-state index in [-0.39, 0.29) is 24.8 Å². The molecule has 2 rings (SSSR count). The van der Waals surface area contributed by atoms with E-state index in [1.807, 2.05) is 27.1 Å². The van der Waals surface area contributed by atoms with Crippen LogP contribution in [0.3, 0.4) is 0 Å². The lowest BCUT2D eigenvalue weighted by molar-refractivity contribution is 0.0527. The van der Waals surface area contributed by atoms with Crippen molar-refractivity contribution in [2.24, 2.45) is 7.05 Å². The molecule has 2 N–H and O–H groups in total. The van der Waals surface area contributed by atoms with Crippen LogP contribution in [0.4, 0.5) is 5.00 Å². The Morgan fingerprint density at radius 2 is 1.86 bits per heavy atom. The van der Waals surface area contributed by atoms with E-state index in [0.29, 0.717) is 20.6 Å².